The fourth-order valence-electron chi connectivity index (χ4n) is 2.16. The zero-order chi connectivity index (χ0) is 15.4. The van der Waals surface area contributed by atoms with Crippen LogP contribution in [-0.2, 0) is 13.6 Å². The summed E-state index contributed by atoms with van der Waals surface area (Å²) in [6.45, 7) is 1.55. The number of rotatable bonds is 7. The van der Waals surface area contributed by atoms with Crippen molar-refractivity contribution in [3.05, 3.63) is 36.2 Å². The maximum Gasteiger partial charge on any atom is 0.231 e. The number of hydrogen-bond acceptors (Lipinski definition) is 6. The maximum atomic E-state index is 9.92. The van der Waals surface area contributed by atoms with Crippen molar-refractivity contribution >= 4 is 0 Å². The highest BCUT2D eigenvalue weighted by Crippen LogP contribution is 2.35. The lowest BCUT2D eigenvalue weighted by Gasteiger charge is -2.13. The summed E-state index contributed by atoms with van der Waals surface area (Å²) >= 11 is 0. The van der Waals surface area contributed by atoms with E-state index in [1.807, 2.05) is 13.2 Å². The molecule has 0 fully saturated rings. The molecule has 0 saturated carbocycles. The summed E-state index contributed by atoms with van der Waals surface area (Å²) in [6.07, 6.45) is 3.13. The van der Waals surface area contributed by atoms with Gasteiger partial charge in [0.05, 0.1) is 6.20 Å². The molecule has 1 unspecified atom stereocenters. The smallest absolute Gasteiger partial charge is 0.231 e. The molecular weight excluding hydrogens is 286 g/mol. The van der Waals surface area contributed by atoms with Crippen LogP contribution in [0.2, 0.25) is 0 Å². The highest BCUT2D eigenvalue weighted by Gasteiger charge is 2.14. The highest BCUT2D eigenvalue weighted by molar-refractivity contribution is 5.46. The van der Waals surface area contributed by atoms with E-state index in [0.717, 1.165) is 5.56 Å². The molecule has 0 saturated heterocycles. The van der Waals surface area contributed by atoms with Crippen LogP contribution in [0.4, 0.5) is 0 Å². The molecule has 2 heterocycles. The van der Waals surface area contributed by atoms with Gasteiger partial charge in [-0.05, 0) is 12.1 Å². The lowest BCUT2D eigenvalue weighted by atomic mass is 10.3. The molecule has 0 radical (unpaired) electrons. The summed E-state index contributed by atoms with van der Waals surface area (Å²) in [5, 5.41) is 17.2. The molecule has 22 heavy (non-hydrogen) atoms. The van der Waals surface area contributed by atoms with Crippen molar-refractivity contribution in [2.24, 2.45) is 7.05 Å². The van der Waals surface area contributed by atoms with Crippen molar-refractivity contribution < 1.29 is 19.3 Å². The Hall–Kier alpha value is -2.25. The standard InChI is InChI=1S/C15H19N3O4/c1-18-8-11(6-17-18)5-16-7-12(19)9-20-13-2-3-14-15(4-13)22-10-21-14/h2-4,6,8,12,16,19H,5,7,9-10H2,1H3. The third-order valence-corrected chi connectivity index (χ3v) is 3.25. The van der Waals surface area contributed by atoms with E-state index in [9.17, 15) is 5.11 Å². The number of hydrogen-bond donors (Lipinski definition) is 2. The van der Waals surface area contributed by atoms with E-state index < -0.39 is 6.10 Å². The molecule has 1 aromatic heterocycles. The monoisotopic (exact) mass is 305 g/mol. The van der Waals surface area contributed by atoms with Crippen LogP contribution in [0.25, 0.3) is 0 Å². The van der Waals surface area contributed by atoms with E-state index in [-0.39, 0.29) is 13.4 Å². The van der Waals surface area contributed by atoms with Gasteiger partial charge in [0.2, 0.25) is 6.79 Å². The van der Waals surface area contributed by atoms with Crippen LogP contribution >= 0.6 is 0 Å². The fraction of sp³-hybridized carbons (Fsp3) is 0.400. The van der Waals surface area contributed by atoms with E-state index in [0.29, 0.717) is 30.3 Å². The lowest BCUT2D eigenvalue weighted by molar-refractivity contribution is 0.106. The molecule has 2 N–H and O–H groups in total. The first-order valence-electron chi connectivity index (χ1n) is 7.09. The van der Waals surface area contributed by atoms with Gasteiger partial charge in [0.15, 0.2) is 11.5 Å². The number of benzene rings is 1. The molecule has 1 aliphatic heterocycles. The van der Waals surface area contributed by atoms with E-state index >= 15 is 0 Å². The fourth-order valence-corrected chi connectivity index (χ4v) is 2.16. The first kappa shape index (κ1) is 14.7. The van der Waals surface area contributed by atoms with Crippen molar-refractivity contribution in [1.29, 1.82) is 0 Å². The molecule has 0 aliphatic carbocycles. The summed E-state index contributed by atoms with van der Waals surface area (Å²) < 4.78 is 17.8. The zero-order valence-corrected chi connectivity index (χ0v) is 12.4. The Kier molecular flexibility index (Phi) is 4.45. The van der Waals surface area contributed by atoms with Gasteiger partial charge in [-0.2, -0.15) is 5.10 Å². The second-order valence-electron chi connectivity index (χ2n) is 5.13. The van der Waals surface area contributed by atoms with E-state index in [4.69, 9.17) is 14.2 Å². The van der Waals surface area contributed by atoms with Gasteiger partial charge < -0.3 is 24.6 Å². The van der Waals surface area contributed by atoms with Gasteiger partial charge in [-0.25, -0.2) is 0 Å². The Morgan fingerprint density at radius 1 is 1.41 bits per heavy atom. The van der Waals surface area contributed by atoms with Gasteiger partial charge in [0.1, 0.15) is 18.5 Å². The summed E-state index contributed by atoms with van der Waals surface area (Å²) in [4.78, 5) is 0. The van der Waals surface area contributed by atoms with Crippen LogP contribution in [0.5, 0.6) is 17.2 Å². The summed E-state index contributed by atoms with van der Waals surface area (Å²) in [7, 11) is 1.87. The predicted octanol–water partition coefficient (Wildman–Crippen LogP) is 0.678. The molecule has 3 rings (SSSR count). The Morgan fingerprint density at radius 2 is 2.27 bits per heavy atom. The largest absolute Gasteiger partial charge is 0.491 e. The molecule has 0 amide bonds. The van der Waals surface area contributed by atoms with Crippen LogP contribution in [0.1, 0.15) is 5.56 Å². The topological polar surface area (TPSA) is 77.8 Å². The molecule has 7 heteroatoms. The van der Waals surface area contributed by atoms with Crippen molar-refractivity contribution in [2.75, 3.05) is 19.9 Å². The number of aromatic nitrogens is 2. The Morgan fingerprint density at radius 3 is 3.09 bits per heavy atom. The van der Waals surface area contributed by atoms with E-state index in [1.165, 1.54) is 0 Å². The molecule has 1 aliphatic rings. The Bertz CT molecular complexity index is 629. The average Bonchev–Trinajstić information content (AvgIpc) is 3.13. The maximum absolute atomic E-state index is 9.92. The number of nitrogens with one attached hydrogen (secondary N) is 1. The minimum absolute atomic E-state index is 0.208. The third-order valence-electron chi connectivity index (χ3n) is 3.25. The number of fused-ring (bicyclic) bond motifs is 1. The van der Waals surface area contributed by atoms with E-state index in [2.05, 4.69) is 10.4 Å². The normalized spacial score (nSPS) is 14.1. The van der Waals surface area contributed by atoms with Gasteiger partial charge in [-0.15, -0.1) is 0 Å². The second kappa shape index (κ2) is 6.67. The average molecular weight is 305 g/mol. The van der Waals surface area contributed by atoms with Gasteiger partial charge in [0, 0.05) is 38.0 Å². The second-order valence-corrected chi connectivity index (χ2v) is 5.13. The SMILES string of the molecule is Cn1cc(CNCC(O)COc2ccc3c(c2)OCO3)cn1. The first-order chi connectivity index (χ1) is 10.7. The summed E-state index contributed by atoms with van der Waals surface area (Å²) in [6, 6.07) is 5.35. The molecule has 1 atom stereocenters. The number of aryl methyl sites for hydroxylation is 1. The predicted molar refractivity (Wildman–Crippen MR) is 79.0 cm³/mol. The Balaban J connectivity index is 1.39. The van der Waals surface area contributed by atoms with Crippen LogP contribution in [0.3, 0.4) is 0 Å². The van der Waals surface area contributed by atoms with E-state index in [1.54, 1.807) is 29.1 Å². The highest BCUT2D eigenvalue weighted by atomic mass is 16.7. The lowest BCUT2D eigenvalue weighted by Crippen LogP contribution is -2.31. The number of ether oxygens (including phenoxy) is 3. The Labute approximate surface area is 128 Å². The number of nitrogens with zero attached hydrogens (tertiary/aromatic N) is 2. The molecule has 7 nitrogen and oxygen atoms in total. The van der Waals surface area contributed by atoms with Gasteiger partial charge in [0.25, 0.3) is 0 Å². The van der Waals surface area contributed by atoms with Crippen molar-refractivity contribution in [1.82, 2.24) is 15.1 Å². The first-order valence-corrected chi connectivity index (χ1v) is 7.09. The van der Waals surface area contributed by atoms with Crippen LogP contribution < -0.4 is 19.5 Å². The number of aliphatic hydroxyl groups excluding tert-OH is 1. The van der Waals surface area contributed by atoms with Gasteiger partial charge in [-0.1, -0.05) is 0 Å². The molecule has 118 valence electrons. The minimum Gasteiger partial charge on any atom is -0.491 e. The minimum atomic E-state index is -0.595. The van der Waals surface area contributed by atoms with Crippen molar-refractivity contribution in [3.8, 4) is 17.2 Å². The zero-order valence-electron chi connectivity index (χ0n) is 12.4. The third kappa shape index (κ3) is 3.69. The van der Waals surface area contributed by atoms with Crippen LogP contribution in [0.15, 0.2) is 30.6 Å². The quantitative estimate of drug-likeness (QED) is 0.783. The molecule has 0 spiro atoms. The van der Waals surface area contributed by atoms with Crippen LogP contribution in [0, 0.1) is 0 Å². The van der Waals surface area contributed by atoms with Crippen LogP contribution in [-0.4, -0.2) is 40.9 Å². The molecular formula is C15H19N3O4. The number of aliphatic hydroxyl groups is 1. The van der Waals surface area contributed by atoms with Gasteiger partial charge >= 0.3 is 0 Å². The molecule has 2 aromatic rings. The van der Waals surface area contributed by atoms with Crippen molar-refractivity contribution in [3.63, 3.8) is 0 Å². The van der Waals surface area contributed by atoms with Crippen molar-refractivity contribution in [2.45, 2.75) is 12.6 Å². The molecule has 1 aromatic carbocycles. The molecule has 0 bridgehead atoms. The summed E-state index contributed by atoms with van der Waals surface area (Å²) in [5.41, 5.74) is 1.08. The summed E-state index contributed by atoms with van der Waals surface area (Å²) in [5.74, 6) is 2.03. The van der Waals surface area contributed by atoms with Gasteiger partial charge in [-0.3, -0.25) is 4.68 Å².